The van der Waals surface area contributed by atoms with Crippen molar-refractivity contribution in [1.82, 2.24) is 19.9 Å². The Morgan fingerprint density at radius 2 is 1.68 bits per heavy atom. The third-order valence-electron chi connectivity index (χ3n) is 6.95. The largest absolute Gasteiger partial charge is 0.464 e. The van der Waals surface area contributed by atoms with Gasteiger partial charge in [0.15, 0.2) is 27.7 Å². The molecule has 0 spiro atoms. The highest BCUT2D eigenvalue weighted by Crippen LogP contribution is 2.47. The van der Waals surface area contributed by atoms with Crippen LogP contribution in [-0.2, 0) is 35.4 Å². The van der Waals surface area contributed by atoms with E-state index in [0.717, 1.165) is 15.8 Å². The molecule has 2 aliphatic heterocycles. The maximum atomic E-state index is 13.8. The van der Waals surface area contributed by atoms with Crippen LogP contribution in [0.5, 0.6) is 0 Å². The minimum atomic E-state index is -4.08. The number of hydrogen-bond donors (Lipinski definition) is 0. The quantitative estimate of drug-likeness (QED) is 0.332. The lowest BCUT2D eigenvalue weighted by Crippen LogP contribution is -2.58. The minimum Gasteiger partial charge on any atom is -0.464 e. The van der Waals surface area contributed by atoms with Gasteiger partial charge in [0.2, 0.25) is 5.91 Å². The van der Waals surface area contributed by atoms with E-state index in [4.69, 9.17) is 9.47 Å². The first kappa shape index (κ1) is 24.6. The summed E-state index contributed by atoms with van der Waals surface area (Å²) < 4.78 is 37.3. The number of esters is 2. The van der Waals surface area contributed by atoms with E-state index in [1.54, 1.807) is 48.5 Å². The molecule has 0 saturated carbocycles. The summed E-state index contributed by atoms with van der Waals surface area (Å²) in [6.45, 7) is 0.948. The van der Waals surface area contributed by atoms with Crippen LogP contribution in [0.4, 0.5) is 0 Å². The molecule has 37 heavy (non-hydrogen) atoms. The Kier molecular flexibility index (Phi) is 6.06. The third kappa shape index (κ3) is 3.88. The molecule has 0 bridgehead atoms. The van der Waals surface area contributed by atoms with E-state index >= 15 is 0 Å². The molecule has 1 aromatic heterocycles. The van der Waals surface area contributed by atoms with Crippen LogP contribution in [0.3, 0.4) is 0 Å². The second-order valence-corrected chi connectivity index (χ2v) is 11.7. The predicted octanol–water partition coefficient (Wildman–Crippen LogP) is 1.51. The number of hydrogen-bond acceptors (Lipinski definition) is 9. The first-order valence-electron chi connectivity index (χ1n) is 11.5. The van der Waals surface area contributed by atoms with E-state index < -0.39 is 56.5 Å². The highest BCUT2D eigenvalue weighted by molar-refractivity contribution is 7.93. The van der Waals surface area contributed by atoms with Gasteiger partial charge in [-0.25, -0.2) is 22.7 Å². The molecule has 12 heteroatoms. The number of rotatable bonds is 7. The van der Waals surface area contributed by atoms with Gasteiger partial charge in [0.05, 0.1) is 26.3 Å². The maximum absolute atomic E-state index is 13.8. The molecule has 3 atom stereocenters. The van der Waals surface area contributed by atoms with E-state index in [0.29, 0.717) is 11.1 Å². The zero-order valence-electron chi connectivity index (χ0n) is 20.1. The molecule has 1 amide bonds. The van der Waals surface area contributed by atoms with Crippen LogP contribution < -0.4 is 0 Å². The minimum absolute atomic E-state index is 0.0851. The van der Waals surface area contributed by atoms with Gasteiger partial charge in [-0.1, -0.05) is 65.9 Å². The SMILES string of the molecule is COC(=O)c1cnnn1C[C@@]1(C)[C@H](C(=O)OC(c2ccccc2)c2ccccc2)N2C(=O)C[C@@H]2S1(=O)=O. The normalized spacial score (nSPS) is 23.9. The van der Waals surface area contributed by atoms with E-state index in [2.05, 4.69) is 10.3 Å². The van der Waals surface area contributed by atoms with Crippen LogP contribution in [0.15, 0.2) is 66.9 Å². The van der Waals surface area contributed by atoms with Crippen molar-refractivity contribution in [3.8, 4) is 0 Å². The summed E-state index contributed by atoms with van der Waals surface area (Å²) in [5.74, 6) is -2.11. The molecule has 5 rings (SSSR count). The lowest BCUT2D eigenvalue weighted by atomic mass is 9.95. The number of aromatic nitrogens is 3. The zero-order valence-corrected chi connectivity index (χ0v) is 20.9. The topological polar surface area (TPSA) is 138 Å². The van der Waals surface area contributed by atoms with Gasteiger partial charge in [0.1, 0.15) is 10.1 Å². The van der Waals surface area contributed by atoms with Gasteiger partial charge in [-0.2, -0.15) is 0 Å². The Bertz CT molecular complexity index is 1420. The Hall–Kier alpha value is -4.06. The highest BCUT2D eigenvalue weighted by atomic mass is 32.2. The fourth-order valence-electron chi connectivity index (χ4n) is 4.97. The first-order chi connectivity index (χ1) is 17.7. The van der Waals surface area contributed by atoms with Gasteiger partial charge >= 0.3 is 11.9 Å². The van der Waals surface area contributed by atoms with Crippen molar-refractivity contribution in [2.75, 3.05) is 7.11 Å². The van der Waals surface area contributed by atoms with Gasteiger partial charge in [0, 0.05) is 0 Å². The van der Waals surface area contributed by atoms with Gasteiger partial charge in [-0.05, 0) is 18.1 Å². The summed E-state index contributed by atoms with van der Waals surface area (Å²) in [5, 5.41) is 6.38. The fraction of sp³-hybridized carbons (Fsp3) is 0.320. The Morgan fingerprint density at radius 1 is 1.08 bits per heavy atom. The van der Waals surface area contributed by atoms with Crippen LogP contribution in [0.2, 0.25) is 0 Å². The lowest BCUT2D eigenvalue weighted by Gasteiger charge is -2.37. The smallest absolute Gasteiger partial charge is 0.358 e. The van der Waals surface area contributed by atoms with Crippen molar-refractivity contribution < 1.29 is 32.3 Å². The number of sulfone groups is 1. The number of carbonyl (C=O) groups is 3. The molecule has 3 aromatic rings. The summed E-state index contributed by atoms with van der Waals surface area (Å²) in [5.41, 5.74) is 1.28. The van der Waals surface area contributed by atoms with Crippen molar-refractivity contribution in [1.29, 1.82) is 0 Å². The van der Waals surface area contributed by atoms with E-state index in [-0.39, 0.29) is 12.1 Å². The van der Waals surface area contributed by atoms with Crippen LogP contribution in [0.1, 0.15) is 41.1 Å². The number of β-lactam (4-membered cyclic amide) rings is 1. The molecule has 2 saturated heterocycles. The van der Waals surface area contributed by atoms with Crippen molar-refractivity contribution in [2.24, 2.45) is 0 Å². The highest BCUT2D eigenvalue weighted by Gasteiger charge is 2.70. The second kappa shape index (κ2) is 9.11. The van der Waals surface area contributed by atoms with Crippen LogP contribution >= 0.6 is 0 Å². The Labute approximate surface area is 212 Å². The number of amides is 1. The van der Waals surface area contributed by atoms with E-state index in [1.807, 2.05) is 12.1 Å². The van der Waals surface area contributed by atoms with Crippen LogP contribution in [0.25, 0.3) is 0 Å². The molecular formula is C25H24N4O7S. The predicted molar refractivity (Wildman–Crippen MR) is 129 cm³/mol. The summed E-state index contributed by atoms with van der Waals surface area (Å²) in [6, 6.07) is 16.6. The molecule has 2 aliphatic rings. The molecule has 3 heterocycles. The number of carbonyl (C=O) groups excluding carboxylic acids is 3. The Balaban J connectivity index is 1.55. The first-order valence-corrected chi connectivity index (χ1v) is 13.1. The van der Waals surface area contributed by atoms with Crippen molar-refractivity contribution >= 4 is 27.7 Å². The van der Waals surface area contributed by atoms with E-state index in [1.165, 1.54) is 14.0 Å². The van der Waals surface area contributed by atoms with Crippen molar-refractivity contribution in [3.05, 3.63) is 83.7 Å². The molecule has 0 unspecified atom stereocenters. The molecule has 0 radical (unpaired) electrons. The molecule has 0 N–H and O–H groups in total. The van der Waals surface area contributed by atoms with E-state index in [9.17, 15) is 22.8 Å². The second-order valence-electron chi connectivity index (χ2n) is 9.13. The number of nitrogens with zero attached hydrogens (tertiary/aromatic N) is 4. The van der Waals surface area contributed by atoms with Crippen molar-refractivity contribution in [2.45, 2.75) is 42.2 Å². The summed E-state index contributed by atoms with van der Waals surface area (Å²) in [4.78, 5) is 39.7. The standard InChI is InChI=1S/C25H24N4O7S/c1-25(15-28-18(14-26-27-28)23(31)35-2)22(29-19(30)13-20(29)37(25,33)34)24(32)36-21(16-9-5-3-6-10-16)17-11-7-4-8-12-17/h3-12,14,20-22H,13,15H2,1-2H3/t20-,22-,25-/m0/s1. The maximum Gasteiger partial charge on any atom is 0.358 e. The molecular weight excluding hydrogens is 500 g/mol. The van der Waals surface area contributed by atoms with Gasteiger partial charge in [-0.3, -0.25) is 4.79 Å². The number of ether oxygens (including phenoxy) is 2. The number of methoxy groups -OCH3 is 1. The molecule has 11 nitrogen and oxygen atoms in total. The van der Waals surface area contributed by atoms with Gasteiger partial charge in [-0.15, -0.1) is 5.10 Å². The summed E-state index contributed by atoms with van der Waals surface area (Å²) in [7, 11) is -2.91. The van der Waals surface area contributed by atoms with Crippen LogP contribution in [-0.4, -0.2) is 69.4 Å². The molecule has 192 valence electrons. The Morgan fingerprint density at radius 3 is 2.22 bits per heavy atom. The summed E-state index contributed by atoms with van der Waals surface area (Å²) in [6.07, 6.45) is 0.0728. The average Bonchev–Trinajstić information content (AvgIpc) is 3.41. The van der Waals surface area contributed by atoms with Crippen LogP contribution in [0, 0.1) is 0 Å². The van der Waals surface area contributed by atoms with Crippen molar-refractivity contribution in [3.63, 3.8) is 0 Å². The summed E-state index contributed by atoms with van der Waals surface area (Å²) >= 11 is 0. The molecule has 0 aliphatic carbocycles. The van der Waals surface area contributed by atoms with Gasteiger partial charge < -0.3 is 14.4 Å². The van der Waals surface area contributed by atoms with Gasteiger partial charge in [0.25, 0.3) is 0 Å². The monoisotopic (exact) mass is 524 g/mol. The lowest BCUT2D eigenvalue weighted by molar-refractivity contribution is -0.164. The fourth-order valence-corrected chi connectivity index (χ4v) is 7.31. The molecule has 2 aromatic carbocycles. The zero-order chi connectivity index (χ0) is 26.4. The third-order valence-corrected chi connectivity index (χ3v) is 9.71. The average molecular weight is 525 g/mol. The number of fused-ring (bicyclic) bond motifs is 1. The molecule has 2 fully saturated rings. The number of benzene rings is 2.